The molecule has 0 aliphatic carbocycles. The predicted octanol–water partition coefficient (Wildman–Crippen LogP) is 3.96. The van der Waals surface area contributed by atoms with Crippen molar-refractivity contribution in [2.24, 2.45) is 5.73 Å². The van der Waals surface area contributed by atoms with Crippen LogP contribution in [0, 0.1) is 5.21 Å². The molecule has 30 heavy (non-hydrogen) atoms. The van der Waals surface area contributed by atoms with Crippen molar-refractivity contribution in [2.45, 2.75) is 25.7 Å². The smallest absolute Gasteiger partial charge is 0.416 e. The third-order valence-corrected chi connectivity index (χ3v) is 4.79. The Morgan fingerprint density at radius 1 is 1.10 bits per heavy atom. The fourth-order valence-electron chi connectivity index (χ4n) is 3.08. The molecule has 0 aliphatic rings. The number of hydrogen-bond donors (Lipinski definition) is 2. The molecule has 0 spiro atoms. The largest absolute Gasteiger partial charge is 0.619 e. The van der Waals surface area contributed by atoms with Gasteiger partial charge in [-0.2, -0.15) is 17.9 Å². The summed E-state index contributed by atoms with van der Waals surface area (Å²) >= 11 is 0. The van der Waals surface area contributed by atoms with Gasteiger partial charge in [-0.25, -0.2) is 0 Å². The molecular weight excluding hydrogens is 395 g/mol. The fraction of sp³-hybridized carbons (Fsp3) is 0.182. The molecule has 3 aromatic rings. The molecule has 3 N–H and O–H groups in total. The Labute approximate surface area is 171 Å². The van der Waals surface area contributed by atoms with E-state index in [0.717, 1.165) is 17.7 Å². The van der Waals surface area contributed by atoms with Crippen LogP contribution in [0.15, 0.2) is 67.0 Å². The minimum atomic E-state index is -4.44. The normalized spacial score (nSPS) is 12.4. The predicted molar refractivity (Wildman–Crippen MR) is 106 cm³/mol. The summed E-state index contributed by atoms with van der Waals surface area (Å²) in [6.07, 6.45) is -1.97. The van der Waals surface area contributed by atoms with Gasteiger partial charge in [0.25, 0.3) is 5.91 Å². The molecule has 156 valence electrons. The Balaban J connectivity index is 1.81. The van der Waals surface area contributed by atoms with Gasteiger partial charge in [0.2, 0.25) is 0 Å². The standard InChI is InChI=1S/C22H20F3N3O2/c1-14(27-21(29)17-8-10-28(30)11-9-17)15-2-4-16(5-3-15)20-12-19(22(23,24)25)7-6-18(20)13-26/h2-12,14H,13,26H2,1H3,(H,27,29)/t14-/m1/s1. The molecule has 1 aromatic heterocycles. The minimum absolute atomic E-state index is 0.113. The van der Waals surface area contributed by atoms with Gasteiger partial charge < -0.3 is 16.3 Å². The number of nitrogens with two attached hydrogens (primary N) is 1. The Kier molecular flexibility index (Phi) is 6.07. The number of benzene rings is 2. The number of alkyl halides is 3. The maximum Gasteiger partial charge on any atom is 0.416 e. The van der Waals surface area contributed by atoms with E-state index in [4.69, 9.17) is 5.73 Å². The van der Waals surface area contributed by atoms with Crippen LogP contribution in [0.25, 0.3) is 11.1 Å². The van der Waals surface area contributed by atoms with E-state index in [-0.39, 0.29) is 18.5 Å². The second-order valence-electron chi connectivity index (χ2n) is 6.84. The van der Waals surface area contributed by atoms with Crippen molar-refractivity contribution in [3.8, 4) is 11.1 Å². The third kappa shape index (κ3) is 4.77. The van der Waals surface area contributed by atoms with E-state index in [2.05, 4.69) is 5.32 Å². The lowest BCUT2D eigenvalue weighted by molar-refractivity contribution is -0.605. The van der Waals surface area contributed by atoms with Crippen LogP contribution in [0.1, 0.15) is 40.0 Å². The van der Waals surface area contributed by atoms with Crippen LogP contribution in [-0.4, -0.2) is 5.91 Å². The van der Waals surface area contributed by atoms with Crippen molar-refractivity contribution in [3.05, 3.63) is 94.5 Å². The first kappa shape index (κ1) is 21.3. The Bertz CT molecular complexity index is 1030. The first-order valence-electron chi connectivity index (χ1n) is 9.19. The van der Waals surface area contributed by atoms with Gasteiger partial charge in [-0.05, 0) is 41.3 Å². The summed E-state index contributed by atoms with van der Waals surface area (Å²) in [6, 6.07) is 12.9. The molecule has 8 heteroatoms. The highest BCUT2D eigenvalue weighted by molar-refractivity contribution is 5.94. The number of halogens is 3. The van der Waals surface area contributed by atoms with Crippen LogP contribution >= 0.6 is 0 Å². The quantitative estimate of drug-likeness (QED) is 0.489. The average molecular weight is 415 g/mol. The minimum Gasteiger partial charge on any atom is -0.619 e. The number of nitrogens with one attached hydrogen (secondary N) is 1. The molecule has 5 nitrogen and oxygen atoms in total. The van der Waals surface area contributed by atoms with Gasteiger partial charge in [-0.3, -0.25) is 4.79 Å². The highest BCUT2D eigenvalue weighted by Crippen LogP contribution is 2.34. The third-order valence-electron chi connectivity index (χ3n) is 4.79. The molecule has 0 saturated heterocycles. The van der Waals surface area contributed by atoms with Gasteiger partial charge >= 0.3 is 6.18 Å². The number of carbonyl (C=O) groups excluding carboxylic acids is 1. The molecule has 0 radical (unpaired) electrons. The fourth-order valence-corrected chi connectivity index (χ4v) is 3.08. The van der Waals surface area contributed by atoms with Crippen molar-refractivity contribution in [1.82, 2.24) is 5.32 Å². The number of nitrogens with zero attached hydrogens (tertiary/aromatic N) is 1. The maximum absolute atomic E-state index is 13.1. The van der Waals surface area contributed by atoms with Gasteiger partial charge in [0.1, 0.15) is 0 Å². The van der Waals surface area contributed by atoms with Crippen molar-refractivity contribution in [2.75, 3.05) is 0 Å². The SMILES string of the molecule is C[C@@H](NC(=O)c1cc[n+]([O-])cc1)c1ccc(-c2cc(C(F)(F)F)ccc2CN)cc1. The molecule has 0 aliphatic heterocycles. The van der Waals surface area contributed by atoms with E-state index < -0.39 is 11.7 Å². The van der Waals surface area contributed by atoms with E-state index in [1.54, 1.807) is 31.2 Å². The van der Waals surface area contributed by atoms with Crippen LogP contribution in [0.4, 0.5) is 13.2 Å². The summed E-state index contributed by atoms with van der Waals surface area (Å²) < 4.78 is 39.8. The van der Waals surface area contributed by atoms with E-state index in [1.165, 1.54) is 30.6 Å². The van der Waals surface area contributed by atoms with Crippen molar-refractivity contribution >= 4 is 5.91 Å². The van der Waals surface area contributed by atoms with Crippen LogP contribution in [0.5, 0.6) is 0 Å². The molecule has 2 aromatic carbocycles. The Hall–Kier alpha value is -3.39. The second kappa shape index (κ2) is 8.54. The summed E-state index contributed by atoms with van der Waals surface area (Å²) in [5, 5.41) is 13.9. The zero-order valence-corrected chi connectivity index (χ0v) is 16.1. The van der Waals surface area contributed by atoms with Crippen LogP contribution in [0.2, 0.25) is 0 Å². The van der Waals surface area contributed by atoms with Crippen LogP contribution in [-0.2, 0) is 12.7 Å². The van der Waals surface area contributed by atoms with Gasteiger partial charge in [-0.1, -0.05) is 30.3 Å². The lowest BCUT2D eigenvalue weighted by atomic mass is 9.95. The molecule has 0 unspecified atom stereocenters. The summed E-state index contributed by atoms with van der Waals surface area (Å²) in [5.74, 6) is -0.338. The molecule has 1 amide bonds. The van der Waals surface area contributed by atoms with E-state index in [9.17, 15) is 23.2 Å². The number of carbonyl (C=O) groups is 1. The van der Waals surface area contributed by atoms with Gasteiger partial charge in [0.05, 0.1) is 17.2 Å². The van der Waals surface area contributed by atoms with E-state index in [1.807, 2.05) is 0 Å². The van der Waals surface area contributed by atoms with Crippen molar-refractivity contribution in [3.63, 3.8) is 0 Å². The zero-order valence-electron chi connectivity index (χ0n) is 16.1. The van der Waals surface area contributed by atoms with Crippen molar-refractivity contribution in [1.29, 1.82) is 0 Å². The highest BCUT2D eigenvalue weighted by Gasteiger charge is 2.31. The van der Waals surface area contributed by atoms with Gasteiger partial charge in [0, 0.05) is 18.7 Å². The van der Waals surface area contributed by atoms with Crippen LogP contribution < -0.4 is 15.8 Å². The Morgan fingerprint density at radius 2 is 1.73 bits per heavy atom. The highest BCUT2D eigenvalue weighted by atomic mass is 19.4. The number of rotatable bonds is 5. The van der Waals surface area contributed by atoms with Crippen LogP contribution in [0.3, 0.4) is 0 Å². The number of aromatic nitrogens is 1. The lowest BCUT2D eigenvalue weighted by Crippen LogP contribution is -2.29. The summed E-state index contributed by atoms with van der Waals surface area (Å²) in [6.45, 7) is 1.90. The molecule has 0 saturated carbocycles. The Morgan fingerprint density at radius 3 is 2.30 bits per heavy atom. The summed E-state index contributed by atoms with van der Waals surface area (Å²) in [4.78, 5) is 12.3. The molecular formula is C22H20F3N3O2. The first-order chi connectivity index (χ1) is 14.2. The molecule has 1 heterocycles. The molecule has 3 rings (SSSR count). The van der Waals surface area contributed by atoms with Crippen molar-refractivity contribution < 1.29 is 22.7 Å². The van der Waals surface area contributed by atoms with Gasteiger partial charge in [-0.15, -0.1) is 0 Å². The summed E-state index contributed by atoms with van der Waals surface area (Å²) in [5.41, 5.74) is 7.72. The van der Waals surface area contributed by atoms with E-state index in [0.29, 0.717) is 27.0 Å². The summed E-state index contributed by atoms with van der Waals surface area (Å²) in [7, 11) is 0. The molecule has 0 bridgehead atoms. The monoisotopic (exact) mass is 415 g/mol. The number of hydrogen-bond acceptors (Lipinski definition) is 3. The zero-order chi connectivity index (χ0) is 21.9. The number of amides is 1. The average Bonchev–Trinajstić information content (AvgIpc) is 2.73. The van der Waals surface area contributed by atoms with Gasteiger partial charge in [0.15, 0.2) is 12.4 Å². The second-order valence-corrected chi connectivity index (χ2v) is 6.84. The molecule has 1 atom stereocenters. The topological polar surface area (TPSA) is 82.1 Å². The lowest BCUT2D eigenvalue weighted by Gasteiger charge is -2.16. The maximum atomic E-state index is 13.1. The first-order valence-corrected chi connectivity index (χ1v) is 9.19. The van der Waals surface area contributed by atoms with E-state index >= 15 is 0 Å². The number of pyridine rings is 1. The molecule has 0 fully saturated rings.